The van der Waals surface area contributed by atoms with Gasteiger partial charge in [0.1, 0.15) is 11.8 Å². The Balaban J connectivity index is 2.10. The predicted molar refractivity (Wildman–Crippen MR) is 95.4 cm³/mol. The molecule has 0 bridgehead atoms. The molecule has 6 heteroatoms. The molecule has 1 aliphatic heterocycles. The zero-order chi connectivity index (χ0) is 17.7. The fourth-order valence-electron chi connectivity index (χ4n) is 3.06. The minimum atomic E-state index is -0.364. The minimum Gasteiger partial charge on any atom is -0.495 e. The van der Waals surface area contributed by atoms with Crippen LogP contribution in [0.5, 0.6) is 5.75 Å². The number of carbonyl (C=O) groups excluding carboxylic acids is 2. The first-order valence-corrected chi connectivity index (χ1v) is 8.41. The van der Waals surface area contributed by atoms with Gasteiger partial charge in [-0.15, -0.1) is 0 Å². The van der Waals surface area contributed by atoms with E-state index in [1.54, 1.807) is 25.3 Å². The number of benzene rings is 1. The lowest BCUT2D eigenvalue weighted by molar-refractivity contribution is -0.133. The third kappa shape index (κ3) is 4.63. The van der Waals surface area contributed by atoms with Gasteiger partial charge < -0.3 is 20.3 Å². The smallest absolute Gasteiger partial charge is 0.244 e. The molecule has 1 aromatic rings. The Morgan fingerprint density at radius 1 is 1.38 bits per heavy atom. The van der Waals surface area contributed by atoms with Crippen molar-refractivity contribution in [3.63, 3.8) is 0 Å². The van der Waals surface area contributed by atoms with Crippen LogP contribution in [0.2, 0.25) is 0 Å². The summed E-state index contributed by atoms with van der Waals surface area (Å²) in [5, 5.41) is 5.96. The Morgan fingerprint density at radius 3 is 2.75 bits per heavy atom. The summed E-state index contributed by atoms with van der Waals surface area (Å²) in [5.41, 5.74) is 1.35. The van der Waals surface area contributed by atoms with E-state index in [1.165, 1.54) is 13.3 Å². The van der Waals surface area contributed by atoms with E-state index in [4.69, 9.17) is 4.74 Å². The summed E-state index contributed by atoms with van der Waals surface area (Å²) in [6, 6.07) is 4.96. The molecule has 1 aliphatic rings. The van der Waals surface area contributed by atoms with Crippen molar-refractivity contribution in [3.05, 3.63) is 18.2 Å². The molecule has 1 aromatic carbocycles. The molecule has 0 saturated carbocycles. The van der Waals surface area contributed by atoms with Crippen molar-refractivity contribution < 1.29 is 14.3 Å². The van der Waals surface area contributed by atoms with Crippen molar-refractivity contribution >= 4 is 23.2 Å². The monoisotopic (exact) mass is 333 g/mol. The molecule has 2 atom stereocenters. The van der Waals surface area contributed by atoms with Gasteiger partial charge in [-0.25, -0.2) is 0 Å². The molecular formula is C18H27N3O3. The summed E-state index contributed by atoms with van der Waals surface area (Å²) in [7, 11) is 1.58. The van der Waals surface area contributed by atoms with Crippen LogP contribution in [0.25, 0.3) is 0 Å². The lowest BCUT2D eigenvalue weighted by atomic mass is 10.00. The maximum atomic E-state index is 12.7. The lowest BCUT2D eigenvalue weighted by Gasteiger charge is -2.33. The number of likely N-dealkylation sites (tertiary alicyclic amines) is 1. The molecule has 0 unspecified atom stereocenters. The maximum Gasteiger partial charge on any atom is 0.244 e. The van der Waals surface area contributed by atoms with Gasteiger partial charge in [0.05, 0.1) is 12.8 Å². The van der Waals surface area contributed by atoms with Crippen LogP contribution >= 0.6 is 0 Å². The Bertz CT molecular complexity index is 603. The van der Waals surface area contributed by atoms with Crippen LogP contribution < -0.4 is 15.4 Å². The number of amides is 2. The highest BCUT2D eigenvalue weighted by atomic mass is 16.5. The molecule has 6 nitrogen and oxygen atoms in total. The number of methoxy groups -OCH3 is 1. The normalized spacial score (nSPS) is 18.7. The van der Waals surface area contributed by atoms with Gasteiger partial charge in [-0.1, -0.05) is 6.92 Å². The Morgan fingerprint density at radius 2 is 2.12 bits per heavy atom. The molecular weight excluding hydrogens is 306 g/mol. The van der Waals surface area contributed by atoms with Crippen LogP contribution in [0, 0.1) is 5.92 Å². The molecule has 1 heterocycles. The zero-order valence-electron chi connectivity index (χ0n) is 14.9. The van der Waals surface area contributed by atoms with Gasteiger partial charge in [-0.05, 0) is 43.9 Å². The van der Waals surface area contributed by atoms with Crippen LogP contribution in [-0.2, 0) is 9.59 Å². The lowest BCUT2D eigenvalue weighted by Crippen LogP contribution is -2.45. The molecule has 0 radical (unpaired) electrons. The summed E-state index contributed by atoms with van der Waals surface area (Å²) < 4.78 is 5.35. The van der Waals surface area contributed by atoms with Gasteiger partial charge in [-0.2, -0.15) is 0 Å². The number of carbonyl (C=O) groups is 2. The fraction of sp³-hybridized carbons (Fsp3) is 0.556. The SMILES string of the molecule is COc1ccc(NC(C)=O)cc1N[C@@H](C)C(=O)N1CCC[C@@H](C)C1. The zero-order valence-corrected chi connectivity index (χ0v) is 14.9. The van der Waals surface area contributed by atoms with E-state index in [1.807, 2.05) is 11.8 Å². The molecule has 2 amide bonds. The van der Waals surface area contributed by atoms with E-state index in [-0.39, 0.29) is 17.9 Å². The second-order valence-corrected chi connectivity index (χ2v) is 6.49. The molecule has 0 aromatic heterocycles. The van der Waals surface area contributed by atoms with Crippen LogP contribution in [0.1, 0.15) is 33.6 Å². The highest BCUT2D eigenvalue weighted by molar-refractivity contribution is 5.90. The van der Waals surface area contributed by atoms with E-state index in [2.05, 4.69) is 17.6 Å². The first kappa shape index (κ1) is 18.1. The molecule has 1 saturated heterocycles. The second-order valence-electron chi connectivity index (χ2n) is 6.49. The summed E-state index contributed by atoms with van der Waals surface area (Å²) in [6.45, 7) is 7.12. The van der Waals surface area contributed by atoms with Crippen molar-refractivity contribution in [1.29, 1.82) is 0 Å². The fourth-order valence-corrected chi connectivity index (χ4v) is 3.06. The third-order valence-corrected chi connectivity index (χ3v) is 4.23. The number of rotatable bonds is 5. The highest BCUT2D eigenvalue weighted by Gasteiger charge is 2.25. The van der Waals surface area contributed by atoms with E-state index in [0.717, 1.165) is 19.5 Å². The Kier molecular flexibility index (Phi) is 6.06. The van der Waals surface area contributed by atoms with Gasteiger partial charge in [0, 0.05) is 25.7 Å². The molecule has 0 aliphatic carbocycles. The summed E-state index contributed by atoms with van der Waals surface area (Å²) >= 11 is 0. The molecule has 24 heavy (non-hydrogen) atoms. The minimum absolute atomic E-state index is 0.0912. The van der Waals surface area contributed by atoms with Gasteiger partial charge >= 0.3 is 0 Å². The van der Waals surface area contributed by atoms with Crippen molar-refractivity contribution in [2.24, 2.45) is 5.92 Å². The van der Waals surface area contributed by atoms with Crippen LogP contribution in [-0.4, -0.2) is 43.0 Å². The van der Waals surface area contributed by atoms with Crippen molar-refractivity contribution in [2.45, 2.75) is 39.7 Å². The number of hydrogen-bond donors (Lipinski definition) is 2. The molecule has 132 valence electrons. The van der Waals surface area contributed by atoms with Gasteiger partial charge in [0.25, 0.3) is 0 Å². The van der Waals surface area contributed by atoms with Gasteiger partial charge in [0.15, 0.2) is 0 Å². The van der Waals surface area contributed by atoms with Crippen molar-refractivity contribution in [1.82, 2.24) is 4.90 Å². The second kappa shape index (κ2) is 8.04. The third-order valence-electron chi connectivity index (χ3n) is 4.23. The number of hydrogen-bond acceptors (Lipinski definition) is 4. The molecule has 0 spiro atoms. The van der Waals surface area contributed by atoms with E-state index in [9.17, 15) is 9.59 Å². The first-order chi connectivity index (χ1) is 11.4. The van der Waals surface area contributed by atoms with Crippen LogP contribution in [0.3, 0.4) is 0 Å². The Labute approximate surface area is 143 Å². The van der Waals surface area contributed by atoms with E-state index in [0.29, 0.717) is 23.0 Å². The Hall–Kier alpha value is -2.24. The van der Waals surface area contributed by atoms with Crippen LogP contribution in [0.4, 0.5) is 11.4 Å². The summed E-state index contributed by atoms with van der Waals surface area (Å²) in [6.07, 6.45) is 2.24. The average molecular weight is 333 g/mol. The number of nitrogens with one attached hydrogen (secondary N) is 2. The maximum absolute atomic E-state index is 12.7. The largest absolute Gasteiger partial charge is 0.495 e. The van der Waals surface area contributed by atoms with E-state index >= 15 is 0 Å². The van der Waals surface area contributed by atoms with Crippen LogP contribution in [0.15, 0.2) is 18.2 Å². The quantitative estimate of drug-likeness (QED) is 0.869. The number of nitrogens with zero attached hydrogens (tertiary/aromatic N) is 1. The van der Waals surface area contributed by atoms with Gasteiger partial charge in [-0.3, -0.25) is 9.59 Å². The number of piperidine rings is 1. The summed E-state index contributed by atoms with van der Waals surface area (Å²) in [4.78, 5) is 25.8. The topological polar surface area (TPSA) is 70.7 Å². The van der Waals surface area contributed by atoms with Gasteiger partial charge in [0.2, 0.25) is 11.8 Å². The average Bonchev–Trinajstić information content (AvgIpc) is 2.54. The molecule has 2 N–H and O–H groups in total. The van der Waals surface area contributed by atoms with Crippen molar-refractivity contribution in [2.75, 3.05) is 30.8 Å². The van der Waals surface area contributed by atoms with E-state index < -0.39 is 0 Å². The standard InChI is InChI=1S/C18H27N3O3/c1-12-6-5-9-21(11-12)18(23)13(2)19-16-10-15(20-14(3)22)7-8-17(16)24-4/h7-8,10,12-13,19H,5-6,9,11H2,1-4H3,(H,20,22)/t12-,13+/m1/s1. The predicted octanol–water partition coefficient (Wildman–Crippen LogP) is 2.71. The first-order valence-electron chi connectivity index (χ1n) is 8.41. The molecule has 1 fully saturated rings. The number of ether oxygens (including phenoxy) is 1. The summed E-state index contributed by atoms with van der Waals surface area (Å²) in [5.74, 6) is 1.13. The van der Waals surface area contributed by atoms with Crippen molar-refractivity contribution in [3.8, 4) is 5.75 Å². The molecule has 2 rings (SSSR count). The number of anilines is 2. The highest BCUT2D eigenvalue weighted by Crippen LogP contribution is 2.29.